The molecule has 2 saturated heterocycles. The predicted octanol–water partition coefficient (Wildman–Crippen LogP) is 3.46. The van der Waals surface area contributed by atoms with Gasteiger partial charge in [-0.15, -0.1) is 0 Å². The summed E-state index contributed by atoms with van der Waals surface area (Å²) < 4.78 is 12.7. The molecular weight excluding hydrogens is 285 g/mol. The Morgan fingerprint density at radius 3 is 2.17 bits per heavy atom. The highest BCUT2D eigenvalue weighted by molar-refractivity contribution is 6.62. The monoisotopic (exact) mass is 313 g/mol. The van der Waals surface area contributed by atoms with Gasteiger partial charge in [0.1, 0.15) is 0 Å². The second-order valence-electron chi connectivity index (χ2n) is 8.37. The molecule has 3 nitrogen and oxygen atoms in total. The first kappa shape index (κ1) is 15.5. The molecule has 1 saturated carbocycles. The van der Waals surface area contributed by atoms with Crippen LogP contribution in [-0.2, 0) is 9.31 Å². The standard InChI is InChI=1S/C19H28BNO2/c1-18(2)19(3,4)23-20(22-18)17-13-15(21-11-5-6-12-21)9-10-16(17)14-7-8-14/h9-10,13-14H,5-8,11-12H2,1-4H3. The minimum Gasteiger partial charge on any atom is -0.399 e. The van der Waals surface area contributed by atoms with Crippen molar-refractivity contribution in [3.8, 4) is 0 Å². The molecule has 0 spiro atoms. The first-order valence-electron chi connectivity index (χ1n) is 9.12. The fourth-order valence-corrected chi connectivity index (χ4v) is 3.67. The Balaban J connectivity index is 1.69. The van der Waals surface area contributed by atoms with Gasteiger partial charge in [0.05, 0.1) is 11.2 Å². The second kappa shape index (κ2) is 5.25. The van der Waals surface area contributed by atoms with E-state index >= 15 is 0 Å². The summed E-state index contributed by atoms with van der Waals surface area (Å²) in [7, 11) is -0.238. The first-order chi connectivity index (χ1) is 10.9. The van der Waals surface area contributed by atoms with Crippen molar-refractivity contribution in [3.05, 3.63) is 23.8 Å². The van der Waals surface area contributed by atoms with Crippen molar-refractivity contribution in [2.75, 3.05) is 18.0 Å². The number of benzene rings is 1. The van der Waals surface area contributed by atoms with E-state index in [0.29, 0.717) is 5.92 Å². The molecule has 1 aromatic rings. The van der Waals surface area contributed by atoms with Crippen LogP contribution in [0.5, 0.6) is 0 Å². The Hall–Kier alpha value is -0.995. The molecule has 4 heteroatoms. The molecule has 3 fully saturated rings. The van der Waals surface area contributed by atoms with Crippen LogP contribution in [-0.4, -0.2) is 31.4 Å². The Bertz CT molecular complexity index is 587. The molecule has 0 radical (unpaired) electrons. The van der Waals surface area contributed by atoms with Crippen molar-refractivity contribution in [2.45, 2.75) is 70.5 Å². The van der Waals surface area contributed by atoms with Gasteiger partial charge in [-0.2, -0.15) is 0 Å². The number of hydrogen-bond donors (Lipinski definition) is 0. The maximum Gasteiger partial charge on any atom is 0.495 e. The molecule has 1 aliphatic carbocycles. The van der Waals surface area contributed by atoms with Crippen LogP contribution in [0.25, 0.3) is 0 Å². The van der Waals surface area contributed by atoms with Gasteiger partial charge in [0.15, 0.2) is 0 Å². The fourth-order valence-electron chi connectivity index (χ4n) is 3.67. The van der Waals surface area contributed by atoms with Crippen molar-refractivity contribution < 1.29 is 9.31 Å². The molecule has 2 aliphatic heterocycles. The predicted molar refractivity (Wildman–Crippen MR) is 95.6 cm³/mol. The van der Waals surface area contributed by atoms with E-state index in [0.717, 1.165) is 0 Å². The fraction of sp³-hybridized carbons (Fsp3) is 0.684. The van der Waals surface area contributed by atoms with Crippen molar-refractivity contribution in [2.24, 2.45) is 0 Å². The van der Waals surface area contributed by atoms with E-state index in [1.165, 1.54) is 55.5 Å². The van der Waals surface area contributed by atoms with Gasteiger partial charge in [-0.1, -0.05) is 6.07 Å². The maximum absolute atomic E-state index is 6.35. The summed E-state index contributed by atoms with van der Waals surface area (Å²) in [4.78, 5) is 2.49. The summed E-state index contributed by atoms with van der Waals surface area (Å²) in [6.07, 6.45) is 5.21. The number of nitrogens with zero attached hydrogens (tertiary/aromatic N) is 1. The molecule has 124 valence electrons. The highest BCUT2D eigenvalue weighted by Gasteiger charge is 2.52. The largest absolute Gasteiger partial charge is 0.495 e. The molecule has 0 N–H and O–H groups in total. The average Bonchev–Trinajstić information content (AvgIpc) is 3.13. The molecule has 23 heavy (non-hydrogen) atoms. The van der Waals surface area contributed by atoms with Crippen LogP contribution in [0.4, 0.5) is 5.69 Å². The van der Waals surface area contributed by atoms with Crippen molar-refractivity contribution in [1.82, 2.24) is 0 Å². The molecule has 0 atom stereocenters. The van der Waals surface area contributed by atoms with Gasteiger partial charge in [-0.3, -0.25) is 0 Å². The van der Waals surface area contributed by atoms with Gasteiger partial charge in [0.2, 0.25) is 0 Å². The maximum atomic E-state index is 6.35. The summed E-state index contributed by atoms with van der Waals surface area (Å²) in [5.41, 5.74) is 3.48. The number of hydrogen-bond acceptors (Lipinski definition) is 3. The minimum absolute atomic E-state index is 0.238. The van der Waals surface area contributed by atoms with Gasteiger partial charge in [-0.05, 0) is 82.5 Å². The van der Waals surface area contributed by atoms with Gasteiger partial charge in [0.25, 0.3) is 0 Å². The quantitative estimate of drug-likeness (QED) is 0.798. The van der Waals surface area contributed by atoms with Crippen LogP contribution < -0.4 is 10.4 Å². The van der Waals surface area contributed by atoms with E-state index in [1.54, 1.807) is 0 Å². The Labute approximate surface area is 140 Å². The molecule has 3 aliphatic rings. The summed E-state index contributed by atoms with van der Waals surface area (Å²) in [5, 5.41) is 0. The van der Waals surface area contributed by atoms with Crippen LogP contribution in [0.15, 0.2) is 18.2 Å². The van der Waals surface area contributed by atoms with E-state index in [-0.39, 0.29) is 18.3 Å². The van der Waals surface area contributed by atoms with Crippen LogP contribution in [0.3, 0.4) is 0 Å². The third-order valence-corrected chi connectivity index (χ3v) is 6.07. The zero-order valence-electron chi connectivity index (χ0n) is 14.9. The van der Waals surface area contributed by atoms with Crippen LogP contribution in [0.1, 0.15) is 64.9 Å². The van der Waals surface area contributed by atoms with E-state index in [9.17, 15) is 0 Å². The molecular formula is C19H28BNO2. The van der Waals surface area contributed by atoms with E-state index < -0.39 is 0 Å². The molecule has 0 amide bonds. The lowest BCUT2D eigenvalue weighted by Crippen LogP contribution is -2.41. The minimum atomic E-state index is -0.276. The van der Waals surface area contributed by atoms with Gasteiger partial charge < -0.3 is 14.2 Å². The zero-order valence-corrected chi connectivity index (χ0v) is 14.9. The summed E-state index contributed by atoms with van der Waals surface area (Å²) in [6.45, 7) is 10.9. The Morgan fingerprint density at radius 2 is 1.61 bits per heavy atom. The molecule has 1 aromatic carbocycles. The normalized spacial score (nSPS) is 26.1. The average molecular weight is 313 g/mol. The van der Waals surface area contributed by atoms with Crippen molar-refractivity contribution in [1.29, 1.82) is 0 Å². The zero-order chi connectivity index (χ0) is 16.2. The van der Waals surface area contributed by atoms with Crippen molar-refractivity contribution in [3.63, 3.8) is 0 Å². The van der Waals surface area contributed by atoms with E-state index in [4.69, 9.17) is 9.31 Å². The molecule has 0 unspecified atom stereocenters. The van der Waals surface area contributed by atoms with E-state index in [1.807, 2.05) is 0 Å². The SMILES string of the molecule is CC1(C)OB(c2cc(N3CCCC3)ccc2C2CC2)OC1(C)C. The first-order valence-corrected chi connectivity index (χ1v) is 9.12. The second-order valence-corrected chi connectivity index (χ2v) is 8.37. The molecule has 2 heterocycles. The van der Waals surface area contributed by atoms with Crippen LogP contribution in [0.2, 0.25) is 0 Å². The van der Waals surface area contributed by atoms with E-state index in [2.05, 4.69) is 50.8 Å². The van der Waals surface area contributed by atoms with Crippen molar-refractivity contribution >= 4 is 18.3 Å². The van der Waals surface area contributed by atoms with Crippen LogP contribution in [0, 0.1) is 0 Å². The number of rotatable bonds is 3. The smallest absolute Gasteiger partial charge is 0.399 e. The molecule has 0 bridgehead atoms. The van der Waals surface area contributed by atoms with Gasteiger partial charge in [-0.25, -0.2) is 0 Å². The lowest BCUT2D eigenvalue weighted by Gasteiger charge is -2.32. The number of anilines is 1. The summed E-state index contributed by atoms with van der Waals surface area (Å²) in [6, 6.07) is 6.96. The van der Waals surface area contributed by atoms with Gasteiger partial charge in [0, 0.05) is 18.8 Å². The molecule has 0 aromatic heterocycles. The van der Waals surface area contributed by atoms with Crippen LogP contribution >= 0.6 is 0 Å². The highest BCUT2D eigenvalue weighted by Crippen LogP contribution is 2.42. The molecule has 4 rings (SSSR count). The summed E-state index contributed by atoms with van der Waals surface area (Å²) in [5.74, 6) is 0.705. The topological polar surface area (TPSA) is 21.7 Å². The van der Waals surface area contributed by atoms with Gasteiger partial charge >= 0.3 is 7.12 Å². The Kier molecular flexibility index (Phi) is 3.55. The summed E-state index contributed by atoms with van der Waals surface area (Å²) >= 11 is 0. The lowest BCUT2D eigenvalue weighted by atomic mass is 9.74. The third kappa shape index (κ3) is 2.70. The highest BCUT2D eigenvalue weighted by atomic mass is 16.7. The Morgan fingerprint density at radius 1 is 1.00 bits per heavy atom. The lowest BCUT2D eigenvalue weighted by molar-refractivity contribution is 0.00578. The third-order valence-electron chi connectivity index (χ3n) is 6.07.